The summed E-state index contributed by atoms with van der Waals surface area (Å²) in [7, 11) is 0. The molecule has 1 amide bonds. The van der Waals surface area contributed by atoms with Crippen molar-refractivity contribution in [2.45, 2.75) is 23.7 Å². The number of hydrogen-bond donors (Lipinski definition) is 1. The molecular weight excluding hydrogens is 352 g/mol. The van der Waals surface area contributed by atoms with E-state index < -0.39 is 11.9 Å². The highest BCUT2D eigenvalue weighted by Crippen LogP contribution is 2.35. The highest BCUT2D eigenvalue weighted by atomic mass is 32.2. The third-order valence-electron chi connectivity index (χ3n) is 3.37. The van der Waals surface area contributed by atoms with Gasteiger partial charge in [-0.15, -0.1) is 0 Å². The SMILES string of the molecule is CC(Oc1ccc2c(c1)OCO2)C(=O)Nc1ccc(SC(F)F)cc1. The van der Waals surface area contributed by atoms with Crippen molar-refractivity contribution < 1.29 is 27.8 Å². The molecule has 0 saturated carbocycles. The lowest BCUT2D eigenvalue weighted by atomic mass is 10.2. The molecule has 0 spiro atoms. The van der Waals surface area contributed by atoms with Crippen LogP contribution in [0.4, 0.5) is 14.5 Å². The zero-order valence-corrected chi connectivity index (χ0v) is 14.0. The van der Waals surface area contributed by atoms with E-state index in [0.29, 0.717) is 39.6 Å². The molecule has 0 aliphatic carbocycles. The maximum absolute atomic E-state index is 12.3. The first kappa shape index (κ1) is 17.3. The monoisotopic (exact) mass is 367 g/mol. The number of benzene rings is 2. The molecule has 2 aromatic carbocycles. The second-order valence-electron chi connectivity index (χ2n) is 5.17. The quantitative estimate of drug-likeness (QED) is 0.778. The Balaban J connectivity index is 1.57. The number of nitrogens with one attached hydrogen (secondary N) is 1. The number of carbonyl (C=O) groups excluding carboxylic acids is 1. The van der Waals surface area contributed by atoms with Crippen molar-refractivity contribution in [1.29, 1.82) is 0 Å². The number of carbonyl (C=O) groups is 1. The Morgan fingerprint density at radius 1 is 1.16 bits per heavy atom. The molecule has 1 heterocycles. The molecule has 2 aromatic rings. The van der Waals surface area contributed by atoms with Gasteiger partial charge in [-0.25, -0.2) is 0 Å². The van der Waals surface area contributed by atoms with Crippen LogP contribution in [0.2, 0.25) is 0 Å². The van der Waals surface area contributed by atoms with Crippen molar-refractivity contribution in [3.8, 4) is 17.2 Å². The van der Waals surface area contributed by atoms with Gasteiger partial charge in [0, 0.05) is 16.6 Å². The van der Waals surface area contributed by atoms with Gasteiger partial charge < -0.3 is 19.5 Å². The minimum Gasteiger partial charge on any atom is -0.481 e. The second kappa shape index (κ2) is 7.60. The summed E-state index contributed by atoms with van der Waals surface area (Å²) in [5, 5.41) is 2.68. The molecule has 0 radical (unpaired) electrons. The number of rotatable bonds is 6. The Kier molecular flexibility index (Phi) is 5.28. The Hall–Kier alpha value is -2.48. The van der Waals surface area contributed by atoms with Gasteiger partial charge in [-0.1, -0.05) is 11.8 Å². The van der Waals surface area contributed by atoms with E-state index in [9.17, 15) is 13.6 Å². The highest BCUT2D eigenvalue weighted by Gasteiger charge is 2.18. The molecule has 1 N–H and O–H groups in total. The Morgan fingerprint density at radius 2 is 1.88 bits per heavy atom. The molecule has 0 bridgehead atoms. The molecule has 0 saturated heterocycles. The van der Waals surface area contributed by atoms with Gasteiger partial charge in [0.1, 0.15) is 5.75 Å². The van der Waals surface area contributed by atoms with E-state index >= 15 is 0 Å². The van der Waals surface area contributed by atoms with Gasteiger partial charge in [0.25, 0.3) is 11.7 Å². The van der Waals surface area contributed by atoms with Gasteiger partial charge in [-0.2, -0.15) is 8.78 Å². The topological polar surface area (TPSA) is 56.8 Å². The fraction of sp³-hybridized carbons (Fsp3) is 0.235. The van der Waals surface area contributed by atoms with Crippen LogP contribution in [-0.2, 0) is 4.79 Å². The summed E-state index contributed by atoms with van der Waals surface area (Å²) in [6.07, 6.45) is -0.754. The van der Waals surface area contributed by atoms with Crippen LogP contribution >= 0.6 is 11.8 Å². The number of halogens is 2. The zero-order chi connectivity index (χ0) is 17.8. The second-order valence-corrected chi connectivity index (χ2v) is 6.23. The third-order valence-corrected chi connectivity index (χ3v) is 4.10. The third kappa shape index (κ3) is 4.54. The van der Waals surface area contributed by atoms with Gasteiger partial charge in [0.2, 0.25) is 6.79 Å². The molecule has 3 rings (SSSR count). The number of amides is 1. The Bertz CT molecular complexity index is 755. The van der Waals surface area contributed by atoms with Crippen molar-refractivity contribution >= 4 is 23.4 Å². The van der Waals surface area contributed by atoms with E-state index in [1.807, 2.05) is 0 Å². The van der Waals surface area contributed by atoms with Gasteiger partial charge in [0.05, 0.1) is 0 Å². The molecule has 1 unspecified atom stereocenters. The molecule has 8 heteroatoms. The number of thioether (sulfide) groups is 1. The fourth-order valence-corrected chi connectivity index (χ4v) is 2.67. The average Bonchev–Trinajstić information content (AvgIpc) is 3.03. The van der Waals surface area contributed by atoms with Gasteiger partial charge in [-0.05, 0) is 43.3 Å². The highest BCUT2D eigenvalue weighted by molar-refractivity contribution is 7.99. The summed E-state index contributed by atoms with van der Waals surface area (Å²) in [6.45, 7) is 1.77. The Morgan fingerprint density at radius 3 is 2.60 bits per heavy atom. The molecule has 1 atom stereocenters. The van der Waals surface area contributed by atoms with Crippen molar-refractivity contribution in [3.05, 3.63) is 42.5 Å². The van der Waals surface area contributed by atoms with Crippen LogP contribution in [-0.4, -0.2) is 24.6 Å². The lowest BCUT2D eigenvalue weighted by molar-refractivity contribution is -0.122. The molecule has 0 fully saturated rings. The minimum atomic E-state index is -2.48. The lowest BCUT2D eigenvalue weighted by Gasteiger charge is -2.15. The standard InChI is InChI=1S/C17H15F2NO4S/c1-10(24-12-4-7-14-15(8-12)23-9-22-14)16(21)20-11-2-5-13(6-3-11)25-17(18)19/h2-8,10,17H,9H2,1H3,(H,20,21). The number of hydrogen-bond acceptors (Lipinski definition) is 5. The first-order valence-corrected chi connectivity index (χ1v) is 8.31. The largest absolute Gasteiger partial charge is 0.481 e. The van der Waals surface area contributed by atoms with Gasteiger partial charge in [0.15, 0.2) is 17.6 Å². The van der Waals surface area contributed by atoms with Crippen molar-refractivity contribution in [2.75, 3.05) is 12.1 Å². The molecule has 5 nitrogen and oxygen atoms in total. The molecule has 132 valence electrons. The summed E-state index contributed by atoms with van der Waals surface area (Å²) in [5.41, 5.74) is 0.504. The maximum Gasteiger partial charge on any atom is 0.288 e. The normalized spacial score (nSPS) is 13.6. The van der Waals surface area contributed by atoms with Crippen LogP contribution in [0.5, 0.6) is 17.2 Å². The van der Waals surface area contributed by atoms with E-state index in [2.05, 4.69) is 5.32 Å². The fourth-order valence-electron chi connectivity index (χ4n) is 2.17. The summed E-state index contributed by atoms with van der Waals surface area (Å²) < 4.78 is 40.6. The maximum atomic E-state index is 12.3. The van der Waals surface area contributed by atoms with Crippen molar-refractivity contribution in [3.63, 3.8) is 0 Å². The van der Waals surface area contributed by atoms with Crippen LogP contribution in [0.25, 0.3) is 0 Å². The van der Waals surface area contributed by atoms with Crippen LogP contribution in [0.15, 0.2) is 47.4 Å². The zero-order valence-electron chi connectivity index (χ0n) is 13.2. The van der Waals surface area contributed by atoms with Crippen LogP contribution in [0, 0.1) is 0 Å². The summed E-state index contributed by atoms with van der Waals surface area (Å²) in [4.78, 5) is 12.6. The first-order valence-electron chi connectivity index (χ1n) is 7.43. The summed E-state index contributed by atoms with van der Waals surface area (Å²) >= 11 is 0.451. The van der Waals surface area contributed by atoms with Crippen LogP contribution < -0.4 is 19.5 Å². The van der Waals surface area contributed by atoms with Crippen molar-refractivity contribution in [2.24, 2.45) is 0 Å². The van der Waals surface area contributed by atoms with E-state index in [1.54, 1.807) is 37.3 Å². The number of alkyl halides is 2. The average molecular weight is 367 g/mol. The van der Waals surface area contributed by atoms with E-state index in [1.165, 1.54) is 12.1 Å². The number of anilines is 1. The lowest BCUT2D eigenvalue weighted by Crippen LogP contribution is -2.30. The molecule has 1 aliphatic rings. The summed E-state index contributed by atoms with van der Waals surface area (Å²) in [5.74, 6) is -1.15. The van der Waals surface area contributed by atoms with Gasteiger partial charge >= 0.3 is 0 Å². The van der Waals surface area contributed by atoms with Gasteiger partial charge in [-0.3, -0.25) is 4.79 Å². The molecular formula is C17H15F2NO4S. The minimum absolute atomic E-state index is 0.161. The van der Waals surface area contributed by atoms with E-state index in [4.69, 9.17) is 14.2 Å². The van der Waals surface area contributed by atoms with E-state index in [0.717, 1.165) is 0 Å². The van der Waals surface area contributed by atoms with Crippen LogP contribution in [0.3, 0.4) is 0 Å². The first-order chi connectivity index (χ1) is 12.0. The van der Waals surface area contributed by atoms with Crippen LogP contribution in [0.1, 0.15) is 6.92 Å². The molecule has 1 aliphatic heterocycles. The van der Waals surface area contributed by atoms with E-state index in [-0.39, 0.29) is 12.7 Å². The summed E-state index contributed by atoms with van der Waals surface area (Å²) in [6, 6.07) is 11.2. The number of ether oxygens (including phenoxy) is 3. The smallest absolute Gasteiger partial charge is 0.288 e. The predicted octanol–water partition coefficient (Wildman–Crippen LogP) is 4.14. The predicted molar refractivity (Wildman–Crippen MR) is 89.6 cm³/mol. The molecule has 25 heavy (non-hydrogen) atoms. The Labute approximate surface area is 147 Å². The number of fused-ring (bicyclic) bond motifs is 1. The molecule has 0 aromatic heterocycles. The van der Waals surface area contributed by atoms with Crippen molar-refractivity contribution in [1.82, 2.24) is 0 Å².